The fraction of sp³-hybridized carbons (Fsp3) is 0.778. The highest BCUT2D eigenvalue weighted by atomic mass is 35.5. The molecule has 0 heterocycles. The molecule has 0 fully saturated rings. The fourth-order valence-corrected chi connectivity index (χ4v) is 0.784. The number of halogens is 1. The van der Waals surface area contributed by atoms with Crippen molar-refractivity contribution in [3.63, 3.8) is 0 Å². The normalized spacial score (nSPS) is 13.7. The number of rotatable bonds is 3. The molecule has 2 heteroatoms. The van der Waals surface area contributed by atoms with Crippen LogP contribution in [0.2, 0.25) is 0 Å². The molecule has 0 saturated carbocycles. The summed E-state index contributed by atoms with van der Waals surface area (Å²) in [5, 5.41) is 0. The van der Waals surface area contributed by atoms with Gasteiger partial charge in [-0.15, -0.1) is 11.6 Å². The average molecular weight is 177 g/mol. The highest BCUT2D eigenvalue weighted by Gasteiger charge is 2.08. The summed E-state index contributed by atoms with van der Waals surface area (Å²) in [4.78, 5) is 0. The van der Waals surface area contributed by atoms with Crippen molar-refractivity contribution in [2.75, 3.05) is 12.5 Å². The summed E-state index contributed by atoms with van der Waals surface area (Å²) in [6.45, 7) is 8.83. The molecule has 0 amide bonds. The molecule has 0 saturated heterocycles. The van der Waals surface area contributed by atoms with Crippen LogP contribution in [0.25, 0.3) is 0 Å². The summed E-state index contributed by atoms with van der Waals surface area (Å²) in [6, 6.07) is 0. The minimum absolute atomic E-state index is 0.0542. The molecule has 0 aliphatic rings. The van der Waals surface area contributed by atoms with E-state index >= 15 is 0 Å². The zero-order valence-corrected chi connectivity index (χ0v) is 8.53. The van der Waals surface area contributed by atoms with Gasteiger partial charge >= 0.3 is 0 Å². The van der Waals surface area contributed by atoms with Crippen molar-refractivity contribution in [1.29, 1.82) is 0 Å². The molecule has 0 unspecified atom stereocenters. The summed E-state index contributed by atoms with van der Waals surface area (Å²) in [6.07, 6.45) is 1.97. The molecule has 0 aromatic rings. The van der Waals surface area contributed by atoms with Gasteiger partial charge in [0.1, 0.15) is 0 Å². The van der Waals surface area contributed by atoms with Gasteiger partial charge in [0.15, 0.2) is 0 Å². The molecular weight excluding hydrogens is 160 g/mol. The van der Waals surface area contributed by atoms with E-state index in [1.165, 1.54) is 5.57 Å². The van der Waals surface area contributed by atoms with Gasteiger partial charge in [-0.3, -0.25) is 0 Å². The molecule has 0 rings (SSSR count). The summed E-state index contributed by atoms with van der Waals surface area (Å²) >= 11 is 5.51. The van der Waals surface area contributed by atoms with Gasteiger partial charge in [0.2, 0.25) is 0 Å². The van der Waals surface area contributed by atoms with Crippen LogP contribution in [0.15, 0.2) is 11.6 Å². The molecular formula is C9H17ClO. The van der Waals surface area contributed by atoms with Crippen LogP contribution < -0.4 is 0 Å². The second-order valence-electron chi connectivity index (χ2n) is 3.61. The van der Waals surface area contributed by atoms with Gasteiger partial charge in [-0.2, -0.15) is 0 Å². The second kappa shape index (κ2) is 4.78. The van der Waals surface area contributed by atoms with Gasteiger partial charge in [0.25, 0.3) is 0 Å². The van der Waals surface area contributed by atoms with Crippen molar-refractivity contribution in [1.82, 2.24) is 0 Å². The Kier molecular flexibility index (Phi) is 4.78. The zero-order valence-electron chi connectivity index (χ0n) is 7.78. The van der Waals surface area contributed by atoms with Crippen molar-refractivity contribution in [3.8, 4) is 0 Å². The summed E-state index contributed by atoms with van der Waals surface area (Å²) < 4.78 is 5.52. The van der Waals surface area contributed by atoms with E-state index in [9.17, 15) is 0 Å². The molecule has 0 aliphatic heterocycles. The van der Waals surface area contributed by atoms with Crippen LogP contribution in [0.3, 0.4) is 0 Å². The molecule has 11 heavy (non-hydrogen) atoms. The zero-order chi connectivity index (χ0) is 8.91. The quantitative estimate of drug-likeness (QED) is 0.475. The summed E-state index contributed by atoms with van der Waals surface area (Å²) in [5.74, 6) is 0.569. The lowest BCUT2D eigenvalue weighted by Crippen LogP contribution is -2.20. The van der Waals surface area contributed by atoms with Crippen molar-refractivity contribution in [2.45, 2.75) is 33.3 Å². The van der Waals surface area contributed by atoms with E-state index in [4.69, 9.17) is 16.3 Å². The SMILES string of the molecule is C/C(=C\CCl)COC(C)(C)C. The third kappa shape index (κ3) is 7.89. The molecule has 0 spiro atoms. The standard InChI is InChI=1S/C9H17ClO/c1-8(5-6-10)7-11-9(2,3)4/h5H,6-7H2,1-4H3/b8-5+. The Morgan fingerprint density at radius 3 is 2.36 bits per heavy atom. The first-order valence-corrected chi connectivity index (χ1v) is 4.35. The van der Waals surface area contributed by atoms with Crippen molar-refractivity contribution in [2.24, 2.45) is 0 Å². The highest BCUT2D eigenvalue weighted by Crippen LogP contribution is 2.08. The fourth-order valence-electron chi connectivity index (χ4n) is 0.521. The molecule has 0 aliphatic carbocycles. The molecule has 1 nitrogen and oxygen atoms in total. The van der Waals surface area contributed by atoms with Gasteiger partial charge in [0.05, 0.1) is 12.2 Å². The third-order valence-corrected chi connectivity index (χ3v) is 1.31. The summed E-state index contributed by atoms with van der Waals surface area (Å²) in [7, 11) is 0. The van der Waals surface area contributed by atoms with E-state index < -0.39 is 0 Å². The van der Waals surface area contributed by atoms with E-state index in [0.29, 0.717) is 12.5 Å². The van der Waals surface area contributed by atoms with E-state index in [-0.39, 0.29) is 5.60 Å². The van der Waals surface area contributed by atoms with Crippen LogP contribution in [0.5, 0.6) is 0 Å². The first-order valence-electron chi connectivity index (χ1n) is 3.81. The Labute approximate surface area is 74.4 Å². The summed E-state index contributed by atoms with van der Waals surface area (Å²) in [5.41, 5.74) is 1.14. The predicted molar refractivity (Wildman–Crippen MR) is 50.2 cm³/mol. The van der Waals surface area contributed by atoms with Crippen molar-refractivity contribution < 1.29 is 4.74 Å². The molecule has 0 atom stereocenters. The van der Waals surface area contributed by atoms with Crippen LogP contribution in [0.1, 0.15) is 27.7 Å². The van der Waals surface area contributed by atoms with Crippen LogP contribution in [-0.4, -0.2) is 18.1 Å². The Bertz CT molecular complexity index is 133. The van der Waals surface area contributed by atoms with E-state index in [2.05, 4.69) is 0 Å². The van der Waals surface area contributed by atoms with E-state index in [0.717, 1.165) is 0 Å². The maximum atomic E-state index is 5.52. The lowest BCUT2D eigenvalue weighted by atomic mass is 10.2. The Morgan fingerprint density at radius 1 is 1.45 bits per heavy atom. The van der Waals surface area contributed by atoms with Crippen LogP contribution in [0.4, 0.5) is 0 Å². The number of allylic oxidation sites excluding steroid dienone is 1. The van der Waals surface area contributed by atoms with Gasteiger partial charge in [-0.25, -0.2) is 0 Å². The van der Waals surface area contributed by atoms with Gasteiger partial charge in [-0.05, 0) is 27.7 Å². The van der Waals surface area contributed by atoms with Crippen LogP contribution >= 0.6 is 11.6 Å². The lowest BCUT2D eigenvalue weighted by molar-refractivity contribution is 0.0111. The maximum Gasteiger partial charge on any atom is 0.0681 e. The smallest absolute Gasteiger partial charge is 0.0681 e. The molecule has 0 aromatic heterocycles. The van der Waals surface area contributed by atoms with Gasteiger partial charge in [0, 0.05) is 5.88 Å². The minimum atomic E-state index is -0.0542. The monoisotopic (exact) mass is 176 g/mol. The van der Waals surface area contributed by atoms with Gasteiger partial charge < -0.3 is 4.74 Å². The van der Waals surface area contributed by atoms with E-state index in [1.54, 1.807) is 0 Å². The number of ether oxygens (including phenoxy) is 1. The first-order chi connectivity index (χ1) is 4.95. The lowest BCUT2D eigenvalue weighted by Gasteiger charge is -2.19. The van der Waals surface area contributed by atoms with Crippen molar-refractivity contribution in [3.05, 3.63) is 11.6 Å². The Balaban J connectivity index is 3.62. The molecule has 0 N–H and O–H groups in total. The van der Waals surface area contributed by atoms with Gasteiger partial charge in [-0.1, -0.05) is 11.6 Å². The third-order valence-electron chi connectivity index (χ3n) is 1.16. The van der Waals surface area contributed by atoms with Crippen LogP contribution in [-0.2, 0) is 4.74 Å². The maximum absolute atomic E-state index is 5.52. The average Bonchev–Trinajstić information content (AvgIpc) is 1.83. The minimum Gasteiger partial charge on any atom is -0.372 e. The van der Waals surface area contributed by atoms with Crippen molar-refractivity contribution >= 4 is 11.6 Å². The first kappa shape index (κ1) is 11.0. The second-order valence-corrected chi connectivity index (χ2v) is 3.91. The number of alkyl halides is 1. The Hall–Kier alpha value is -0.0100. The number of hydrogen-bond donors (Lipinski definition) is 0. The van der Waals surface area contributed by atoms with Crippen LogP contribution in [0, 0.1) is 0 Å². The molecule has 66 valence electrons. The molecule has 0 aromatic carbocycles. The highest BCUT2D eigenvalue weighted by molar-refractivity contribution is 6.18. The predicted octanol–water partition coefficient (Wildman–Crippen LogP) is 2.99. The largest absolute Gasteiger partial charge is 0.372 e. The molecule has 0 radical (unpaired) electrons. The number of hydrogen-bond acceptors (Lipinski definition) is 1. The Morgan fingerprint density at radius 2 is 2.00 bits per heavy atom. The molecule has 0 bridgehead atoms. The topological polar surface area (TPSA) is 9.23 Å². The van der Waals surface area contributed by atoms with E-state index in [1.807, 2.05) is 33.8 Å².